The van der Waals surface area contributed by atoms with Crippen LogP contribution in [-0.4, -0.2) is 17.3 Å². The summed E-state index contributed by atoms with van der Waals surface area (Å²) in [6.07, 6.45) is 1.41. The Bertz CT molecular complexity index is 493. The van der Waals surface area contributed by atoms with Gasteiger partial charge in [0.15, 0.2) is 5.82 Å². The molecule has 0 saturated carbocycles. The first kappa shape index (κ1) is 12.6. The maximum Gasteiger partial charge on any atom is 0.243 e. The maximum absolute atomic E-state index is 5.83. The average molecular weight is 247 g/mol. The van der Waals surface area contributed by atoms with Crippen molar-refractivity contribution in [2.75, 3.05) is 7.11 Å². The predicted octanol–water partition coefficient (Wildman–Crippen LogP) is 2.08. The third-order valence-electron chi connectivity index (χ3n) is 2.76. The molecule has 0 aliphatic rings. The minimum absolute atomic E-state index is 0.179. The summed E-state index contributed by atoms with van der Waals surface area (Å²) in [7, 11) is 1.65. The number of rotatable bonds is 5. The molecule has 2 aromatic rings. The van der Waals surface area contributed by atoms with Gasteiger partial charge in [0.1, 0.15) is 5.75 Å². The Hall–Kier alpha value is -1.88. The zero-order chi connectivity index (χ0) is 13.0. The second-order valence-electron chi connectivity index (χ2n) is 4.09. The minimum Gasteiger partial charge on any atom is -0.497 e. The fourth-order valence-corrected chi connectivity index (χ4v) is 1.59. The summed E-state index contributed by atoms with van der Waals surface area (Å²) >= 11 is 0. The van der Waals surface area contributed by atoms with E-state index in [9.17, 15) is 0 Å². The van der Waals surface area contributed by atoms with E-state index in [0.29, 0.717) is 18.1 Å². The van der Waals surface area contributed by atoms with Crippen LogP contribution in [0.15, 0.2) is 28.8 Å². The standard InChI is InChI=1S/C13H17N3O2/c1-3-11(14)13-15-12(16-18-13)8-9-4-6-10(17-2)7-5-9/h4-7,11H,3,8,14H2,1-2H3/t11-/m0/s1. The molecular formula is C13H17N3O2. The van der Waals surface area contributed by atoms with E-state index >= 15 is 0 Å². The zero-order valence-electron chi connectivity index (χ0n) is 10.6. The molecule has 1 aromatic heterocycles. The lowest BCUT2D eigenvalue weighted by Gasteiger charge is -2.01. The lowest BCUT2D eigenvalue weighted by molar-refractivity contribution is 0.348. The third kappa shape index (κ3) is 2.87. The van der Waals surface area contributed by atoms with Crippen LogP contribution < -0.4 is 10.5 Å². The summed E-state index contributed by atoms with van der Waals surface area (Å²) in [4.78, 5) is 4.28. The van der Waals surface area contributed by atoms with Crippen LogP contribution in [0.2, 0.25) is 0 Å². The molecule has 0 saturated heterocycles. The smallest absolute Gasteiger partial charge is 0.243 e. The van der Waals surface area contributed by atoms with Crippen molar-refractivity contribution in [2.24, 2.45) is 5.73 Å². The monoisotopic (exact) mass is 247 g/mol. The molecule has 1 atom stereocenters. The Morgan fingerprint density at radius 3 is 2.67 bits per heavy atom. The molecule has 0 amide bonds. The number of ether oxygens (including phenoxy) is 1. The highest BCUT2D eigenvalue weighted by molar-refractivity contribution is 5.28. The second kappa shape index (κ2) is 5.64. The first-order chi connectivity index (χ1) is 8.72. The van der Waals surface area contributed by atoms with Gasteiger partial charge in [0.25, 0.3) is 0 Å². The molecule has 0 fully saturated rings. The number of methoxy groups -OCH3 is 1. The molecular weight excluding hydrogens is 230 g/mol. The minimum atomic E-state index is -0.179. The highest BCUT2D eigenvalue weighted by Crippen LogP contribution is 2.15. The van der Waals surface area contributed by atoms with Gasteiger partial charge in [-0.1, -0.05) is 24.2 Å². The Balaban J connectivity index is 2.06. The van der Waals surface area contributed by atoms with Crippen molar-refractivity contribution in [1.29, 1.82) is 0 Å². The van der Waals surface area contributed by atoms with Gasteiger partial charge in [0, 0.05) is 6.42 Å². The Morgan fingerprint density at radius 1 is 1.33 bits per heavy atom. The first-order valence-electron chi connectivity index (χ1n) is 5.94. The number of nitrogens with two attached hydrogens (primary N) is 1. The molecule has 0 unspecified atom stereocenters. The Kier molecular flexibility index (Phi) is 3.94. The highest BCUT2D eigenvalue weighted by atomic mass is 16.5. The van der Waals surface area contributed by atoms with Crippen molar-refractivity contribution in [3.8, 4) is 5.75 Å². The molecule has 0 spiro atoms. The molecule has 5 heteroatoms. The molecule has 0 radical (unpaired) electrons. The summed E-state index contributed by atoms with van der Waals surface area (Å²) in [5.41, 5.74) is 6.93. The van der Waals surface area contributed by atoms with E-state index in [1.54, 1.807) is 7.11 Å². The number of nitrogens with zero attached hydrogens (tertiary/aromatic N) is 2. The van der Waals surface area contributed by atoms with Gasteiger partial charge in [-0.2, -0.15) is 4.98 Å². The molecule has 18 heavy (non-hydrogen) atoms. The second-order valence-corrected chi connectivity index (χ2v) is 4.09. The van der Waals surface area contributed by atoms with E-state index in [-0.39, 0.29) is 6.04 Å². The van der Waals surface area contributed by atoms with Crippen LogP contribution in [0, 0.1) is 0 Å². The molecule has 1 heterocycles. The van der Waals surface area contributed by atoms with Gasteiger partial charge in [-0.25, -0.2) is 0 Å². The van der Waals surface area contributed by atoms with E-state index in [4.69, 9.17) is 15.0 Å². The number of hydrogen-bond donors (Lipinski definition) is 1. The lowest BCUT2D eigenvalue weighted by Crippen LogP contribution is -2.08. The molecule has 1 aromatic carbocycles. The fourth-order valence-electron chi connectivity index (χ4n) is 1.59. The maximum atomic E-state index is 5.83. The van der Waals surface area contributed by atoms with E-state index in [1.807, 2.05) is 31.2 Å². The summed E-state index contributed by atoms with van der Waals surface area (Å²) in [6, 6.07) is 7.60. The van der Waals surface area contributed by atoms with E-state index in [1.165, 1.54) is 0 Å². The molecule has 5 nitrogen and oxygen atoms in total. The van der Waals surface area contributed by atoms with E-state index < -0.39 is 0 Å². The van der Waals surface area contributed by atoms with Crippen LogP contribution >= 0.6 is 0 Å². The number of benzene rings is 1. The van der Waals surface area contributed by atoms with Crippen molar-refractivity contribution in [2.45, 2.75) is 25.8 Å². The largest absolute Gasteiger partial charge is 0.497 e. The van der Waals surface area contributed by atoms with E-state index in [2.05, 4.69) is 10.1 Å². The first-order valence-corrected chi connectivity index (χ1v) is 5.94. The number of hydrogen-bond acceptors (Lipinski definition) is 5. The molecule has 0 bridgehead atoms. The Labute approximate surface area is 106 Å². The number of aromatic nitrogens is 2. The van der Waals surface area contributed by atoms with Crippen molar-refractivity contribution in [3.63, 3.8) is 0 Å². The fraction of sp³-hybridized carbons (Fsp3) is 0.385. The van der Waals surface area contributed by atoms with Crippen molar-refractivity contribution >= 4 is 0 Å². The lowest BCUT2D eigenvalue weighted by atomic mass is 10.1. The molecule has 96 valence electrons. The normalized spacial score (nSPS) is 12.4. The topological polar surface area (TPSA) is 74.2 Å². The van der Waals surface area contributed by atoms with Crippen molar-refractivity contribution in [1.82, 2.24) is 10.1 Å². The average Bonchev–Trinajstić information content (AvgIpc) is 2.87. The van der Waals surface area contributed by atoms with Gasteiger partial charge in [-0.15, -0.1) is 0 Å². The van der Waals surface area contributed by atoms with E-state index in [0.717, 1.165) is 17.7 Å². The van der Waals surface area contributed by atoms with Crippen LogP contribution in [0.1, 0.15) is 36.7 Å². The van der Waals surface area contributed by atoms with Gasteiger partial charge < -0.3 is 15.0 Å². The van der Waals surface area contributed by atoms with Crippen LogP contribution in [0.5, 0.6) is 5.75 Å². The Morgan fingerprint density at radius 2 is 2.06 bits per heavy atom. The van der Waals surface area contributed by atoms with Crippen LogP contribution in [0.4, 0.5) is 0 Å². The zero-order valence-corrected chi connectivity index (χ0v) is 10.6. The highest BCUT2D eigenvalue weighted by Gasteiger charge is 2.12. The SMILES string of the molecule is CC[C@H](N)c1nc(Cc2ccc(OC)cc2)no1. The summed E-state index contributed by atoms with van der Waals surface area (Å²) in [6.45, 7) is 1.98. The molecule has 0 aliphatic heterocycles. The van der Waals surface area contributed by atoms with Gasteiger partial charge >= 0.3 is 0 Å². The molecule has 2 rings (SSSR count). The van der Waals surface area contributed by atoms with Gasteiger partial charge in [0.05, 0.1) is 13.2 Å². The molecule has 0 aliphatic carbocycles. The third-order valence-corrected chi connectivity index (χ3v) is 2.76. The van der Waals surface area contributed by atoms with Gasteiger partial charge in [-0.3, -0.25) is 0 Å². The summed E-state index contributed by atoms with van der Waals surface area (Å²) in [5, 5.41) is 3.93. The van der Waals surface area contributed by atoms with Gasteiger partial charge in [-0.05, 0) is 24.1 Å². The van der Waals surface area contributed by atoms with Crippen LogP contribution in [0.25, 0.3) is 0 Å². The molecule has 2 N–H and O–H groups in total. The van der Waals surface area contributed by atoms with Crippen LogP contribution in [0.3, 0.4) is 0 Å². The van der Waals surface area contributed by atoms with Gasteiger partial charge in [0.2, 0.25) is 5.89 Å². The summed E-state index contributed by atoms with van der Waals surface area (Å²) < 4.78 is 10.2. The van der Waals surface area contributed by atoms with Crippen molar-refractivity contribution in [3.05, 3.63) is 41.5 Å². The quantitative estimate of drug-likeness (QED) is 0.875. The van der Waals surface area contributed by atoms with Crippen molar-refractivity contribution < 1.29 is 9.26 Å². The summed E-state index contributed by atoms with van der Waals surface area (Å²) in [5.74, 6) is 1.99. The predicted molar refractivity (Wildman–Crippen MR) is 67.3 cm³/mol. The van der Waals surface area contributed by atoms with Crippen LogP contribution in [-0.2, 0) is 6.42 Å².